The Labute approximate surface area is 202 Å². The Morgan fingerprint density at radius 1 is 1.27 bits per heavy atom. The highest BCUT2D eigenvalue weighted by Gasteiger charge is 2.26. The van der Waals surface area contributed by atoms with Gasteiger partial charge in [-0.25, -0.2) is 4.98 Å². The second-order valence-electron chi connectivity index (χ2n) is 9.17. The van der Waals surface area contributed by atoms with Crippen LogP contribution in [-0.2, 0) is 24.1 Å². The highest BCUT2D eigenvalue weighted by atomic mass is 32.2. The van der Waals surface area contributed by atoms with Gasteiger partial charge in [-0.2, -0.15) is 0 Å². The van der Waals surface area contributed by atoms with Crippen LogP contribution in [0, 0.1) is 5.92 Å². The minimum Gasteiger partial charge on any atom is -0.355 e. The molecule has 8 heteroatoms. The maximum Gasteiger partial charge on any atom is 0.230 e. The standard InChI is InChI=1S/C25H29N5OS2/c1-15(2)22-27-24-21(18-10-9-16(3)13-19(18)33-24)23-28-29-25(30(22)23)32-14-20(31)26-12-11-17-7-5-4-6-8-17/h4-8,15-16H,9-14H2,1-3H3,(H,26,31)/t16-/m1/s1. The maximum absolute atomic E-state index is 12.5. The van der Waals surface area contributed by atoms with Crippen molar-refractivity contribution in [2.45, 2.75) is 57.5 Å². The predicted octanol–water partition coefficient (Wildman–Crippen LogP) is 5.04. The number of rotatable bonds is 7. The van der Waals surface area contributed by atoms with E-state index in [1.807, 2.05) is 29.5 Å². The van der Waals surface area contributed by atoms with Gasteiger partial charge in [-0.15, -0.1) is 21.5 Å². The molecule has 1 N–H and O–H groups in total. The van der Waals surface area contributed by atoms with Gasteiger partial charge in [0.2, 0.25) is 5.91 Å². The molecule has 5 rings (SSSR count). The van der Waals surface area contributed by atoms with Crippen molar-refractivity contribution in [1.29, 1.82) is 0 Å². The summed E-state index contributed by atoms with van der Waals surface area (Å²) < 4.78 is 2.08. The molecule has 1 aliphatic rings. The van der Waals surface area contributed by atoms with Gasteiger partial charge in [0.1, 0.15) is 10.7 Å². The minimum atomic E-state index is 0.00900. The molecular weight excluding hydrogens is 450 g/mol. The number of nitrogens with zero attached hydrogens (tertiary/aromatic N) is 4. The number of aryl methyl sites for hydroxylation is 1. The maximum atomic E-state index is 12.5. The van der Waals surface area contributed by atoms with Crippen LogP contribution in [-0.4, -0.2) is 37.8 Å². The van der Waals surface area contributed by atoms with Crippen LogP contribution in [0.3, 0.4) is 0 Å². The molecule has 1 aromatic carbocycles. The summed E-state index contributed by atoms with van der Waals surface area (Å²) in [6.45, 7) is 7.25. The molecule has 3 heterocycles. The fraction of sp³-hybridized carbons (Fsp3) is 0.440. The molecule has 0 radical (unpaired) electrons. The Bertz CT molecular complexity index is 1290. The molecule has 172 valence electrons. The number of fused-ring (bicyclic) bond motifs is 5. The monoisotopic (exact) mass is 479 g/mol. The van der Waals surface area contributed by atoms with Crippen molar-refractivity contribution in [2.75, 3.05) is 12.3 Å². The molecule has 0 bridgehead atoms. The number of thiophene rings is 1. The Morgan fingerprint density at radius 2 is 2.09 bits per heavy atom. The lowest BCUT2D eigenvalue weighted by Gasteiger charge is -2.17. The van der Waals surface area contributed by atoms with Crippen molar-refractivity contribution in [2.24, 2.45) is 5.92 Å². The second-order valence-corrected chi connectivity index (χ2v) is 11.2. The smallest absolute Gasteiger partial charge is 0.230 e. The third-order valence-electron chi connectivity index (χ3n) is 6.22. The van der Waals surface area contributed by atoms with E-state index in [4.69, 9.17) is 4.98 Å². The van der Waals surface area contributed by atoms with E-state index in [-0.39, 0.29) is 11.8 Å². The van der Waals surface area contributed by atoms with Crippen molar-refractivity contribution in [3.8, 4) is 0 Å². The molecule has 1 aliphatic carbocycles. The lowest BCUT2D eigenvalue weighted by atomic mass is 9.89. The molecular formula is C25H29N5OS2. The van der Waals surface area contributed by atoms with E-state index >= 15 is 0 Å². The molecule has 1 atom stereocenters. The SMILES string of the molecule is CC(C)c1nc2sc3c(c2c2nnc(SCC(=O)NCCc4ccccc4)n12)CC[C@@H](C)C3. The molecule has 0 saturated carbocycles. The van der Waals surface area contributed by atoms with E-state index in [1.54, 1.807) is 0 Å². The number of carbonyl (C=O) groups is 1. The Balaban J connectivity index is 1.37. The van der Waals surface area contributed by atoms with Crippen LogP contribution in [0.25, 0.3) is 15.9 Å². The Hall–Kier alpha value is -2.45. The lowest BCUT2D eigenvalue weighted by molar-refractivity contribution is -0.118. The van der Waals surface area contributed by atoms with Crippen molar-refractivity contribution in [3.63, 3.8) is 0 Å². The Kier molecular flexibility index (Phi) is 6.38. The number of benzene rings is 1. The van der Waals surface area contributed by atoms with Crippen molar-refractivity contribution >= 4 is 44.9 Å². The normalized spacial score (nSPS) is 15.9. The zero-order valence-corrected chi connectivity index (χ0v) is 20.9. The number of nitrogens with one attached hydrogen (secondary N) is 1. The quantitative estimate of drug-likeness (QED) is 0.376. The first-order valence-electron chi connectivity index (χ1n) is 11.6. The minimum absolute atomic E-state index is 0.00900. The predicted molar refractivity (Wildman–Crippen MR) is 135 cm³/mol. The molecule has 3 aromatic heterocycles. The van der Waals surface area contributed by atoms with Gasteiger partial charge in [-0.3, -0.25) is 9.20 Å². The van der Waals surface area contributed by atoms with Gasteiger partial charge in [-0.1, -0.05) is 62.9 Å². The molecule has 33 heavy (non-hydrogen) atoms. The first kappa shape index (κ1) is 22.3. The van der Waals surface area contributed by atoms with Crippen LogP contribution in [0.2, 0.25) is 0 Å². The van der Waals surface area contributed by atoms with Crippen molar-refractivity contribution in [3.05, 3.63) is 52.2 Å². The summed E-state index contributed by atoms with van der Waals surface area (Å²) in [5, 5.41) is 14.0. The number of thioether (sulfide) groups is 1. The van der Waals surface area contributed by atoms with Gasteiger partial charge in [0.05, 0.1) is 11.1 Å². The zero-order chi connectivity index (χ0) is 22.9. The molecule has 0 aliphatic heterocycles. The van der Waals surface area contributed by atoms with Gasteiger partial charge >= 0.3 is 0 Å². The molecule has 1 amide bonds. The van der Waals surface area contributed by atoms with E-state index in [9.17, 15) is 4.79 Å². The van der Waals surface area contributed by atoms with Gasteiger partial charge in [0.25, 0.3) is 0 Å². The first-order chi connectivity index (χ1) is 16.0. The summed E-state index contributed by atoms with van der Waals surface area (Å²) in [5.41, 5.74) is 3.52. The molecule has 6 nitrogen and oxygen atoms in total. The molecule has 4 aromatic rings. The summed E-state index contributed by atoms with van der Waals surface area (Å²) in [7, 11) is 0. The molecule has 0 unspecified atom stereocenters. The molecule has 0 fully saturated rings. The lowest BCUT2D eigenvalue weighted by Crippen LogP contribution is -2.27. The Morgan fingerprint density at radius 3 is 2.88 bits per heavy atom. The van der Waals surface area contributed by atoms with Crippen LogP contribution in [0.5, 0.6) is 0 Å². The van der Waals surface area contributed by atoms with E-state index in [0.717, 1.165) is 52.0 Å². The third kappa shape index (κ3) is 4.51. The largest absolute Gasteiger partial charge is 0.355 e. The van der Waals surface area contributed by atoms with Crippen molar-refractivity contribution < 1.29 is 4.79 Å². The average molecular weight is 480 g/mol. The fourth-order valence-electron chi connectivity index (χ4n) is 4.49. The van der Waals surface area contributed by atoms with Crippen molar-refractivity contribution in [1.82, 2.24) is 24.9 Å². The average Bonchev–Trinajstić information content (AvgIpc) is 3.38. The summed E-state index contributed by atoms with van der Waals surface area (Å²) in [6.07, 6.45) is 4.23. The van der Waals surface area contributed by atoms with Crippen LogP contribution in [0.1, 0.15) is 54.9 Å². The highest BCUT2D eigenvalue weighted by molar-refractivity contribution is 7.99. The summed E-state index contributed by atoms with van der Waals surface area (Å²) in [4.78, 5) is 20.1. The van der Waals surface area contributed by atoms with Crippen LogP contribution >= 0.6 is 23.1 Å². The van der Waals surface area contributed by atoms with Crippen LogP contribution in [0.4, 0.5) is 0 Å². The topological polar surface area (TPSA) is 72.2 Å². The third-order valence-corrected chi connectivity index (χ3v) is 8.30. The van der Waals surface area contributed by atoms with E-state index < -0.39 is 0 Å². The fourth-order valence-corrected chi connectivity index (χ4v) is 6.65. The number of hydrogen-bond donors (Lipinski definition) is 1. The van der Waals surface area contributed by atoms with E-state index in [0.29, 0.717) is 12.3 Å². The van der Waals surface area contributed by atoms with Gasteiger partial charge in [0, 0.05) is 17.3 Å². The highest BCUT2D eigenvalue weighted by Crippen LogP contribution is 2.40. The summed E-state index contributed by atoms with van der Waals surface area (Å²) in [6, 6.07) is 10.2. The van der Waals surface area contributed by atoms with Gasteiger partial charge in [-0.05, 0) is 42.7 Å². The van der Waals surface area contributed by atoms with Crippen LogP contribution in [0.15, 0.2) is 35.5 Å². The van der Waals surface area contributed by atoms with E-state index in [2.05, 4.69) is 52.8 Å². The van der Waals surface area contributed by atoms with E-state index in [1.165, 1.54) is 34.2 Å². The first-order valence-corrected chi connectivity index (χ1v) is 13.4. The second kappa shape index (κ2) is 9.43. The van der Waals surface area contributed by atoms with Gasteiger partial charge < -0.3 is 5.32 Å². The number of hydrogen-bond acceptors (Lipinski definition) is 6. The number of amides is 1. The van der Waals surface area contributed by atoms with Crippen LogP contribution < -0.4 is 5.32 Å². The summed E-state index contributed by atoms with van der Waals surface area (Å²) in [5.74, 6) is 2.22. The summed E-state index contributed by atoms with van der Waals surface area (Å²) >= 11 is 3.25. The number of aromatic nitrogens is 4. The zero-order valence-electron chi connectivity index (χ0n) is 19.3. The molecule has 0 spiro atoms. The number of carbonyl (C=O) groups excluding carboxylic acids is 1. The molecule has 0 saturated heterocycles. The van der Waals surface area contributed by atoms with Gasteiger partial charge in [0.15, 0.2) is 10.8 Å².